The molecule has 0 aliphatic carbocycles. The first-order chi connectivity index (χ1) is 15.3. The molecule has 172 valence electrons. The Morgan fingerprint density at radius 3 is 2.59 bits per heavy atom. The summed E-state index contributed by atoms with van der Waals surface area (Å²) in [6, 6.07) is 10.4. The molecule has 2 aromatic rings. The number of carbonyl (C=O) groups is 2. The Morgan fingerprint density at radius 1 is 1.16 bits per heavy atom. The van der Waals surface area contributed by atoms with Crippen LogP contribution in [0, 0.1) is 0 Å². The largest absolute Gasteiger partial charge is 0.494 e. The highest BCUT2D eigenvalue weighted by Gasteiger charge is 2.43. The predicted octanol–water partition coefficient (Wildman–Crippen LogP) is 4.99. The monoisotopic (exact) mass is 481 g/mol. The molecule has 1 aliphatic heterocycles. The molecule has 0 spiro atoms. The van der Waals surface area contributed by atoms with Gasteiger partial charge in [-0.3, -0.25) is 0 Å². The van der Waals surface area contributed by atoms with Gasteiger partial charge in [-0.1, -0.05) is 41.4 Å². The zero-order valence-electron chi connectivity index (χ0n) is 17.7. The lowest BCUT2D eigenvalue weighted by Gasteiger charge is -2.24. The van der Waals surface area contributed by atoms with Gasteiger partial charge in [0, 0.05) is 25.1 Å². The number of benzene rings is 2. The Hall–Kier alpha value is -2.48. The standard InChI is InChI=1S/C23H25Cl2NO6/c1-2-30-20-7-5-15(12-23(21(27)28)8-3-9-32-23)10-17(20)13-26-22(29)31-14-16-4-6-18(24)19(25)11-16/h4-7,10-11H,2-3,8-9,12-14H2,1H3,(H,26,29)(H,27,28). The van der Waals surface area contributed by atoms with Gasteiger partial charge in [0.1, 0.15) is 12.4 Å². The van der Waals surface area contributed by atoms with Gasteiger partial charge in [-0.05, 0) is 49.1 Å². The number of rotatable bonds is 9. The Labute approximate surface area is 196 Å². The lowest BCUT2D eigenvalue weighted by Crippen LogP contribution is -2.40. The van der Waals surface area contributed by atoms with E-state index in [9.17, 15) is 14.7 Å². The molecule has 1 fully saturated rings. The Morgan fingerprint density at radius 2 is 1.94 bits per heavy atom. The quantitative estimate of drug-likeness (QED) is 0.523. The number of hydrogen-bond donors (Lipinski definition) is 2. The van der Waals surface area contributed by atoms with Crippen molar-refractivity contribution in [3.05, 3.63) is 63.1 Å². The van der Waals surface area contributed by atoms with Crippen LogP contribution in [0.1, 0.15) is 36.5 Å². The first kappa shape index (κ1) is 24.2. The Balaban J connectivity index is 1.64. The number of halogens is 2. The Bertz CT molecular complexity index is 975. The molecule has 1 atom stereocenters. The van der Waals surface area contributed by atoms with Crippen LogP contribution in [0.2, 0.25) is 10.0 Å². The highest BCUT2D eigenvalue weighted by molar-refractivity contribution is 6.42. The summed E-state index contributed by atoms with van der Waals surface area (Å²) in [5.41, 5.74) is 1.01. The number of carboxylic acids is 1. The molecule has 1 heterocycles. The number of ether oxygens (including phenoxy) is 3. The van der Waals surface area contributed by atoms with Crippen LogP contribution in [-0.4, -0.2) is 36.0 Å². The second-order valence-corrected chi connectivity index (χ2v) is 8.30. The van der Waals surface area contributed by atoms with E-state index in [0.717, 1.165) is 11.1 Å². The SMILES string of the molecule is CCOc1ccc(CC2(C(=O)O)CCCO2)cc1CNC(=O)OCc1ccc(Cl)c(Cl)c1. The molecule has 1 unspecified atom stereocenters. The molecule has 1 saturated heterocycles. The van der Waals surface area contributed by atoms with Crippen LogP contribution in [0.25, 0.3) is 0 Å². The summed E-state index contributed by atoms with van der Waals surface area (Å²) in [5.74, 6) is -0.354. The van der Waals surface area contributed by atoms with Gasteiger partial charge in [0.25, 0.3) is 0 Å². The van der Waals surface area contributed by atoms with Crippen molar-refractivity contribution in [1.29, 1.82) is 0 Å². The minimum atomic E-state index is -1.21. The van der Waals surface area contributed by atoms with E-state index in [4.69, 9.17) is 37.4 Å². The van der Waals surface area contributed by atoms with Gasteiger partial charge >= 0.3 is 12.1 Å². The van der Waals surface area contributed by atoms with Gasteiger partial charge in [0.2, 0.25) is 0 Å². The maximum Gasteiger partial charge on any atom is 0.407 e. The Kier molecular flexibility index (Phi) is 8.23. The third-order valence-corrected chi connectivity index (χ3v) is 5.92. The van der Waals surface area contributed by atoms with E-state index in [2.05, 4.69) is 5.32 Å². The highest BCUT2D eigenvalue weighted by atomic mass is 35.5. The lowest BCUT2D eigenvalue weighted by molar-refractivity contribution is -0.159. The highest BCUT2D eigenvalue weighted by Crippen LogP contribution is 2.31. The predicted molar refractivity (Wildman–Crippen MR) is 120 cm³/mol. The summed E-state index contributed by atoms with van der Waals surface area (Å²) in [7, 11) is 0. The number of hydrogen-bond acceptors (Lipinski definition) is 5. The van der Waals surface area contributed by atoms with Crippen molar-refractivity contribution < 1.29 is 28.9 Å². The molecule has 32 heavy (non-hydrogen) atoms. The average Bonchev–Trinajstić information content (AvgIpc) is 3.24. The number of carbonyl (C=O) groups excluding carboxylic acids is 1. The molecule has 0 aromatic heterocycles. The molecule has 0 radical (unpaired) electrons. The summed E-state index contributed by atoms with van der Waals surface area (Å²) < 4.78 is 16.5. The third kappa shape index (κ3) is 6.06. The van der Waals surface area contributed by atoms with E-state index in [1.807, 2.05) is 19.1 Å². The van der Waals surface area contributed by atoms with Crippen LogP contribution in [0.3, 0.4) is 0 Å². The molecule has 7 nitrogen and oxygen atoms in total. The fourth-order valence-electron chi connectivity index (χ4n) is 3.58. The fraction of sp³-hybridized carbons (Fsp3) is 0.391. The van der Waals surface area contributed by atoms with Crippen LogP contribution in [-0.2, 0) is 33.8 Å². The minimum absolute atomic E-state index is 0.0412. The van der Waals surface area contributed by atoms with E-state index in [1.54, 1.807) is 24.3 Å². The zero-order valence-corrected chi connectivity index (χ0v) is 19.2. The average molecular weight is 482 g/mol. The summed E-state index contributed by atoms with van der Waals surface area (Å²) in [4.78, 5) is 24.0. The van der Waals surface area contributed by atoms with E-state index < -0.39 is 17.7 Å². The number of aliphatic carboxylic acids is 1. The van der Waals surface area contributed by atoms with Gasteiger partial charge in [-0.15, -0.1) is 0 Å². The molecule has 2 N–H and O–H groups in total. The third-order valence-electron chi connectivity index (χ3n) is 5.18. The lowest BCUT2D eigenvalue weighted by atomic mass is 9.91. The second-order valence-electron chi connectivity index (χ2n) is 7.48. The molecule has 0 saturated carbocycles. The number of carboxylic acid groups (broad SMARTS) is 1. The molecular weight excluding hydrogens is 457 g/mol. The summed E-state index contributed by atoms with van der Waals surface area (Å²) in [5, 5.41) is 13.2. The van der Waals surface area contributed by atoms with E-state index in [0.29, 0.717) is 47.4 Å². The molecular formula is C23H25Cl2NO6. The maximum atomic E-state index is 12.2. The molecule has 0 bridgehead atoms. The van der Waals surface area contributed by atoms with Crippen molar-refractivity contribution in [2.24, 2.45) is 0 Å². The molecule has 3 rings (SSSR count). The number of alkyl carbamates (subject to hydrolysis) is 1. The van der Waals surface area contributed by atoms with Crippen molar-refractivity contribution in [1.82, 2.24) is 5.32 Å². The maximum absolute atomic E-state index is 12.2. The minimum Gasteiger partial charge on any atom is -0.494 e. The zero-order chi connectivity index (χ0) is 23.1. The van der Waals surface area contributed by atoms with Crippen LogP contribution >= 0.6 is 23.2 Å². The van der Waals surface area contributed by atoms with E-state index in [1.165, 1.54) is 0 Å². The number of nitrogens with one attached hydrogen (secondary N) is 1. The van der Waals surface area contributed by atoms with Crippen LogP contribution in [0.15, 0.2) is 36.4 Å². The van der Waals surface area contributed by atoms with E-state index >= 15 is 0 Å². The topological polar surface area (TPSA) is 94.1 Å². The van der Waals surface area contributed by atoms with Crippen LogP contribution in [0.4, 0.5) is 4.79 Å². The van der Waals surface area contributed by atoms with Crippen molar-refractivity contribution in [3.8, 4) is 5.75 Å². The summed E-state index contributed by atoms with van der Waals surface area (Å²) in [6.07, 6.45) is 0.806. The summed E-state index contributed by atoms with van der Waals surface area (Å²) >= 11 is 11.9. The van der Waals surface area contributed by atoms with E-state index in [-0.39, 0.29) is 19.6 Å². The first-order valence-corrected chi connectivity index (χ1v) is 11.0. The molecule has 1 aliphatic rings. The molecule has 2 aromatic carbocycles. The second kappa shape index (κ2) is 10.9. The summed E-state index contributed by atoms with van der Waals surface area (Å²) in [6.45, 7) is 2.95. The van der Waals surface area contributed by atoms with Gasteiger partial charge in [0.15, 0.2) is 5.60 Å². The van der Waals surface area contributed by atoms with Crippen molar-refractivity contribution in [2.75, 3.05) is 13.2 Å². The van der Waals surface area contributed by atoms with Crippen LogP contribution < -0.4 is 10.1 Å². The van der Waals surface area contributed by atoms with Crippen molar-refractivity contribution in [2.45, 2.75) is 44.9 Å². The smallest absolute Gasteiger partial charge is 0.407 e. The van der Waals surface area contributed by atoms with Crippen molar-refractivity contribution in [3.63, 3.8) is 0 Å². The molecule has 1 amide bonds. The van der Waals surface area contributed by atoms with Gasteiger partial charge in [0.05, 0.1) is 16.7 Å². The molecule has 9 heteroatoms. The van der Waals surface area contributed by atoms with Crippen LogP contribution in [0.5, 0.6) is 5.75 Å². The van der Waals surface area contributed by atoms with Crippen molar-refractivity contribution >= 4 is 35.3 Å². The van der Waals surface area contributed by atoms with Gasteiger partial charge < -0.3 is 24.6 Å². The first-order valence-electron chi connectivity index (χ1n) is 10.3. The van der Waals surface area contributed by atoms with Gasteiger partial charge in [-0.2, -0.15) is 0 Å². The normalized spacial score (nSPS) is 17.7. The number of amides is 1. The van der Waals surface area contributed by atoms with Gasteiger partial charge in [-0.25, -0.2) is 9.59 Å². The fourth-order valence-corrected chi connectivity index (χ4v) is 3.91.